The largest absolute Gasteiger partial charge is 0.498 e. The van der Waals surface area contributed by atoms with Crippen molar-refractivity contribution in [1.82, 2.24) is 19.9 Å². The van der Waals surface area contributed by atoms with E-state index in [1.807, 2.05) is 74.5 Å². The van der Waals surface area contributed by atoms with Gasteiger partial charge in [0.15, 0.2) is 23.3 Å². The van der Waals surface area contributed by atoms with Crippen LogP contribution in [0.2, 0.25) is 5.15 Å². The molecule has 6 aromatic heterocycles. The maximum absolute atomic E-state index is 13.6. The number of rotatable bonds is 4. The van der Waals surface area contributed by atoms with Crippen molar-refractivity contribution in [2.24, 2.45) is 0 Å². The molecule has 1 saturated heterocycles. The van der Waals surface area contributed by atoms with E-state index in [4.69, 9.17) is 29.7 Å². The van der Waals surface area contributed by atoms with Crippen LogP contribution in [-0.4, -0.2) is 38.3 Å². The Balaban J connectivity index is 0.000000130. The van der Waals surface area contributed by atoms with Gasteiger partial charge in [-0.3, -0.25) is 4.98 Å². The van der Waals surface area contributed by atoms with Crippen molar-refractivity contribution in [2.45, 2.75) is 52.7 Å². The second kappa shape index (κ2) is 17.5. The molecule has 7 heterocycles. The van der Waals surface area contributed by atoms with Crippen molar-refractivity contribution in [3.05, 3.63) is 174 Å². The van der Waals surface area contributed by atoms with Gasteiger partial charge in [-0.15, -0.1) is 0 Å². The predicted molar refractivity (Wildman–Crippen MR) is 251 cm³/mol. The maximum Gasteiger partial charge on any atom is 0.498 e. The highest BCUT2D eigenvalue weighted by molar-refractivity contribution is 6.65. The zero-order valence-electron chi connectivity index (χ0n) is 36.6. The fraction of sp³-hybridized carbons (Fsp3) is 0.154. The number of aryl methyl sites for hydroxylation is 2. The molecule has 0 aliphatic carbocycles. The highest BCUT2D eigenvalue weighted by atomic mass is 35.5. The SMILES string of the molecule is Cc1ccc2c(n1)oc1c(-c3cc(-c4ccc(F)c(F)c4)ccn3)cccc12.Cc1ccc2c(n1)oc1c(B3OC(C)(C)C(C)(C)O3)cccc12.Fc1ccc(-c2ccnc(Cl)c2)cc1F. The van der Waals surface area contributed by atoms with Crippen LogP contribution in [0.15, 0.2) is 143 Å². The molecule has 1 aliphatic heterocycles. The minimum atomic E-state index is -0.878. The molecule has 0 amide bonds. The van der Waals surface area contributed by atoms with Gasteiger partial charge in [-0.2, -0.15) is 0 Å². The van der Waals surface area contributed by atoms with Crippen LogP contribution < -0.4 is 5.46 Å². The third kappa shape index (κ3) is 8.65. The molecule has 0 radical (unpaired) electrons. The van der Waals surface area contributed by atoms with Crippen molar-refractivity contribution >= 4 is 68.3 Å². The summed E-state index contributed by atoms with van der Waals surface area (Å²) in [6, 6.07) is 34.3. The molecular weight excluding hydrogens is 867 g/mol. The Kier molecular flexibility index (Phi) is 11.7. The van der Waals surface area contributed by atoms with Gasteiger partial charge in [0.1, 0.15) is 16.3 Å². The van der Waals surface area contributed by atoms with Crippen LogP contribution in [0.5, 0.6) is 0 Å². The van der Waals surface area contributed by atoms with Gasteiger partial charge in [0.25, 0.3) is 0 Å². The number of furan rings is 2. The number of pyridine rings is 4. The normalized spacial score (nSPS) is 14.1. The molecule has 330 valence electrons. The Morgan fingerprint density at radius 3 is 1.56 bits per heavy atom. The minimum Gasteiger partial charge on any atom is -0.438 e. The monoisotopic (exact) mass is 906 g/mol. The molecule has 0 unspecified atom stereocenters. The third-order valence-corrected chi connectivity index (χ3v) is 12.0. The number of fused-ring (bicyclic) bond motifs is 6. The van der Waals surface area contributed by atoms with Crippen LogP contribution in [0, 0.1) is 37.1 Å². The summed E-state index contributed by atoms with van der Waals surface area (Å²) in [4.78, 5) is 17.2. The van der Waals surface area contributed by atoms with E-state index in [1.54, 1.807) is 30.5 Å². The number of aromatic nitrogens is 4. The second-order valence-corrected chi connectivity index (χ2v) is 17.3. The topological polar surface area (TPSA) is 96.3 Å². The fourth-order valence-electron chi connectivity index (χ4n) is 7.61. The average molecular weight is 907 g/mol. The van der Waals surface area contributed by atoms with Crippen LogP contribution in [-0.2, 0) is 9.31 Å². The van der Waals surface area contributed by atoms with E-state index in [9.17, 15) is 17.6 Å². The van der Waals surface area contributed by atoms with Crippen molar-refractivity contribution in [2.75, 3.05) is 0 Å². The quantitative estimate of drug-likeness (QED) is 0.0979. The van der Waals surface area contributed by atoms with E-state index >= 15 is 0 Å². The lowest BCUT2D eigenvalue weighted by atomic mass is 9.78. The lowest BCUT2D eigenvalue weighted by Gasteiger charge is -2.32. The zero-order chi connectivity index (χ0) is 46.5. The first-order valence-corrected chi connectivity index (χ1v) is 21.3. The van der Waals surface area contributed by atoms with E-state index in [2.05, 4.69) is 53.7 Å². The van der Waals surface area contributed by atoms with Crippen LogP contribution in [0.1, 0.15) is 39.1 Å². The van der Waals surface area contributed by atoms with Crippen LogP contribution in [0.25, 0.3) is 77.6 Å². The average Bonchev–Trinajstić information content (AvgIpc) is 3.92. The highest BCUT2D eigenvalue weighted by Crippen LogP contribution is 2.39. The molecule has 11 rings (SSSR count). The van der Waals surface area contributed by atoms with Crippen LogP contribution in [0.4, 0.5) is 17.6 Å². The van der Waals surface area contributed by atoms with Gasteiger partial charge in [0, 0.05) is 56.4 Å². The summed E-state index contributed by atoms with van der Waals surface area (Å²) in [5.74, 6) is -3.48. The van der Waals surface area contributed by atoms with Gasteiger partial charge in [-0.05, 0) is 143 Å². The Morgan fingerprint density at radius 2 is 1.00 bits per heavy atom. The maximum atomic E-state index is 13.6. The number of hydrogen-bond acceptors (Lipinski definition) is 8. The van der Waals surface area contributed by atoms with Crippen LogP contribution >= 0.6 is 11.6 Å². The number of nitrogens with zero attached hydrogens (tertiary/aromatic N) is 4. The molecule has 8 nitrogen and oxygen atoms in total. The summed E-state index contributed by atoms with van der Waals surface area (Å²) in [7, 11) is -0.439. The van der Waals surface area contributed by atoms with E-state index in [-0.39, 0.29) is 11.2 Å². The number of benzene rings is 4. The van der Waals surface area contributed by atoms with Gasteiger partial charge in [-0.25, -0.2) is 32.5 Å². The highest BCUT2D eigenvalue weighted by Gasteiger charge is 2.52. The Morgan fingerprint density at radius 1 is 0.500 bits per heavy atom. The van der Waals surface area contributed by atoms with E-state index in [0.29, 0.717) is 44.5 Å². The molecule has 0 N–H and O–H groups in total. The third-order valence-electron chi connectivity index (χ3n) is 11.8. The van der Waals surface area contributed by atoms with E-state index in [1.165, 1.54) is 18.3 Å². The molecule has 0 bridgehead atoms. The van der Waals surface area contributed by atoms with Crippen molar-refractivity contribution in [3.63, 3.8) is 0 Å². The summed E-state index contributed by atoms with van der Waals surface area (Å²) in [5, 5.41) is 4.28. The van der Waals surface area contributed by atoms with Gasteiger partial charge < -0.3 is 18.1 Å². The smallest absolute Gasteiger partial charge is 0.438 e. The first kappa shape index (κ1) is 44.3. The molecule has 0 atom stereocenters. The Hall–Kier alpha value is -6.93. The number of hydrogen-bond donors (Lipinski definition) is 0. The van der Waals surface area contributed by atoms with Crippen molar-refractivity contribution in [3.8, 4) is 33.5 Å². The molecule has 1 aliphatic rings. The molecule has 0 spiro atoms. The first-order chi connectivity index (χ1) is 31.5. The molecule has 10 aromatic rings. The zero-order valence-corrected chi connectivity index (χ0v) is 37.3. The van der Waals surface area contributed by atoms with Crippen molar-refractivity contribution in [1.29, 1.82) is 0 Å². The number of halogens is 5. The fourth-order valence-corrected chi connectivity index (χ4v) is 7.79. The molecule has 1 fully saturated rings. The second-order valence-electron chi connectivity index (χ2n) is 16.9. The lowest BCUT2D eigenvalue weighted by molar-refractivity contribution is 0.00578. The van der Waals surface area contributed by atoms with E-state index < -0.39 is 30.4 Å². The molecule has 66 heavy (non-hydrogen) atoms. The lowest BCUT2D eigenvalue weighted by Crippen LogP contribution is -2.41. The Labute approximate surface area is 382 Å². The molecule has 0 saturated carbocycles. The summed E-state index contributed by atoms with van der Waals surface area (Å²) in [6.45, 7) is 12.1. The number of para-hydroxylation sites is 2. The molecule has 14 heteroatoms. The predicted octanol–water partition coefficient (Wildman–Crippen LogP) is 13.6. The van der Waals surface area contributed by atoms with Crippen LogP contribution in [0.3, 0.4) is 0 Å². The minimum absolute atomic E-state index is 0.317. The Bertz CT molecular complexity index is 3450. The van der Waals surface area contributed by atoms with Gasteiger partial charge in [0.05, 0.1) is 16.9 Å². The first-order valence-electron chi connectivity index (χ1n) is 21.0. The van der Waals surface area contributed by atoms with Crippen molar-refractivity contribution < 1.29 is 35.7 Å². The summed E-state index contributed by atoms with van der Waals surface area (Å²) in [5.41, 5.74) is 8.81. The summed E-state index contributed by atoms with van der Waals surface area (Å²) in [6.07, 6.45) is 3.16. The van der Waals surface area contributed by atoms with E-state index in [0.717, 1.165) is 73.3 Å². The van der Waals surface area contributed by atoms with Gasteiger partial charge in [-0.1, -0.05) is 54.1 Å². The van der Waals surface area contributed by atoms with Gasteiger partial charge in [0.2, 0.25) is 11.4 Å². The summed E-state index contributed by atoms with van der Waals surface area (Å²) >= 11 is 5.69. The van der Waals surface area contributed by atoms with Gasteiger partial charge >= 0.3 is 7.12 Å². The molecular formula is C52H40BClF4N4O4. The standard InChI is InChI=1S/C23H14F2N2O.C18H20BNO3.C11H6ClF2N/c1-13-5-7-17-16-3-2-4-18(22(16)28-23(17)27-13)21-12-15(9-10-26-21)14-6-8-19(24)20(25)11-14;1-11-9-10-13-12-7-6-8-14(15(12)21-16(13)20-11)19-22-17(2,3)18(4,5)23-19;12-11-6-8(3-4-15-11)7-1-2-9(13)10(14)5-7/h2-12H,1H3;6-10H,1-5H3;1-6H. The molecule has 4 aromatic carbocycles. The summed E-state index contributed by atoms with van der Waals surface area (Å²) < 4.78 is 76.9.